The molecule has 2 rings (SSSR count). The van der Waals surface area contributed by atoms with E-state index in [9.17, 15) is 14.4 Å². The predicted octanol–water partition coefficient (Wildman–Crippen LogP) is 1.79. The number of hydrogen-bond donors (Lipinski definition) is 2. The Morgan fingerprint density at radius 1 is 1.33 bits per heavy atom. The summed E-state index contributed by atoms with van der Waals surface area (Å²) < 4.78 is 0.393. The number of thiocarbonyl (C=S) groups is 1. The summed E-state index contributed by atoms with van der Waals surface area (Å²) in [6.07, 6.45) is 1.76. The third-order valence-electron chi connectivity index (χ3n) is 3.25. The second kappa shape index (κ2) is 8.07. The van der Waals surface area contributed by atoms with Gasteiger partial charge in [-0.3, -0.25) is 19.3 Å². The fourth-order valence-electron chi connectivity index (χ4n) is 1.98. The summed E-state index contributed by atoms with van der Waals surface area (Å²) in [5, 5.41) is 10.8. The highest BCUT2D eigenvalue weighted by Gasteiger charge is 2.32. The first-order valence-corrected chi connectivity index (χ1v) is 8.40. The molecule has 0 saturated carbocycles. The van der Waals surface area contributed by atoms with Crippen LogP contribution in [-0.4, -0.2) is 45.2 Å². The lowest BCUT2D eigenvalue weighted by Crippen LogP contribution is -2.35. The minimum absolute atomic E-state index is 0.00245. The number of carboxylic acid groups (broad SMARTS) is 1. The highest BCUT2D eigenvalue weighted by Crippen LogP contribution is 2.32. The highest BCUT2D eigenvalue weighted by molar-refractivity contribution is 8.26. The van der Waals surface area contributed by atoms with Crippen LogP contribution in [0, 0.1) is 6.92 Å². The maximum Gasteiger partial charge on any atom is 0.322 e. The van der Waals surface area contributed by atoms with Crippen LogP contribution in [0.15, 0.2) is 29.2 Å². The Kier molecular flexibility index (Phi) is 6.10. The van der Waals surface area contributed by atoms with Gasteiger partial charge >= 0.3 is 5.97 Å². The molecule has 24 heavy (non-hydrogen) atoms. The molecule has 0 bridgehead atoms. The molecule has 0 spiro atoms. The lowest BCUT2D eigenvalue weighted by atomic mass is 10.1. The van der Waals surface area contributed by atoms with Crippen molar-refractivity contribution in [2.24, 2.45) is 0 Å². The molecule has 2 N–H and O–H groups in total. The second-order valence-electron chi connectivity index (χ2n) is 5.16. The smallest absolute Gasteiger partial charge is 0.322 e. The zero-order valence-electron chi connectivity index (χ0n) is 12.9. The van der Waals surface area contributed by atoms with Crippen LogP contribution in [0.25, 0.3) is 6.08 Å². The summed E-state index contributed by atoms with van der Waals surface area (Å²) in [5.74, 6) is -1.79. The summed E-state index contributed by atoms with van der Waals surface area (Å²) in [6.45, 7) is 1.67. The maximum absolute atomic E-state index is 12.4. The normalized spacial score (nSPS) is 15.9. The number of nitrogens with one attached hydrogen (secondary N) is 1. The largest absolute Gasteiger partial charge is 0.480 e. The van der Waals surface area contributed by atoms with Crippen molar-refractivity contribution in [3.63, 3.8) is 0 Å². The predicted molar refractivity (Wildman–Crippen MR) is 96.3 cm³/mol. The number of carbonyl (C=O) groups excluding carboxylic acids is 2. The molecule has 1 aromatic rings. The summed E-state index contributed by atoms with van der Waals surface area (Å²) in [5.41, 5.74) is 2.03. The van der Waals surface area contributed by atoms with Crippen LogP contribution in [0.5, 0.6) is 0 Å². The van der Waals surface area contributed by atoms with Crippen molar-refractivity contribution in [1.82, 2.24) is 10.2 Å². The van der Waals surface area contributed by atoms with E-state index in [1.165, 1.54) is 16.7 Å². The molecule has 1 aromatic carbocycles. The zero-order chi connectivity index (χ0) is 17.7. The molecule has 1 fully saturated rings. The Balaban J connectivity index is 1.97. The van der Waals surface area contributed by atoms with Crippen LogP contribution in [-0.2, 0) is 14.4 Å². The number of hydrogen-bond acceptors (Lipinski definition) is 5. The summed E-state index contributed by atoms with van der Waals surface area (Å²) in [4.78, 5) is 36.2. The molecule has 1 aliphatic rings. The fourth-order valence-corrected chi connectivity index (χ4v) is 3.29. The van der Waals surface area contributed by atoms with E-state index in [0.717, 1.165) is 11.1 Å². The van der Waals surface area contributed by atoms with E-state index in [2.05, 4.69) is 5.32 Å². The van der Waals surface area contributed by atoms with Crippen molar-refractivity contribution in [3.05, 3.63) is 40.3 Å². The molecule has 2 amide bonds. The number of benzene rings is 1. The molecule has 1 aliphatic heterocycles. The van der Waals surface area contributed by atoms with Crippen molar-refractivity contribution < 1.29 is 19.5 Å². The van der Waals surface area contributed by atoms with Gasteiger partial charge in [-0.25, -0.2) is 0 Å². The maximum atomic E-state index is 12.4. The summed E-state index contributed by atoms with van der Waals surface area (Å²) >= 11 is 6.39. The third kappa shape index (κ3) is 4.90. The van der Waals surface area contributed by atoms with Gasteiger partial charge in [-0.1, -0.05) is 53.8 Å². The lowest BCUT2D eigenvalue weighted by molar-refractivity contribution is -0.138. The van der Waals surface area contributed by atoms with Crippen LogP contribution in [0.1, 0.15) is 17.5 Å². The quantitative estimate of drug-likeness (QED) is 0.591. The van der Waals surface area contributed by atoms with Crippen LogP contribution < -0.4 is 5.32 Å². The lowest BCUT2D eigenvalue weighted by Gasteiger charge is -2.13. The zero-order valence-corrected chi connectivity index (χ0v) is 14.6. The molecular formula is C16H16N2O4S2. The van der Waals surface area contributed by atoms with Crippen LogP contribution >= 0.6 is 24.0 Å². The monoisotopic (exact) mass is 364 g/mol. The Morgan fingerprint density at radius 2 is 2.00 bits per heavy atom. The van der Waals surface area contributed by atoms with E-state index in [0.29, 0.717) is 9.23 Å². The van der Waals surface area contributed by atoms with E-state index >= 15 is 0 Å². The van der Waals surface area contributed by atoms with Gasteiger partial charge in [-0.05, 0) is 18.6 Å². The summed E-state index contributed by atoms with van der Waals surface area (Å²) in [6, 6.07) is 7.75. The number of aryl methyl sites for hydroxylation is 1. The average Bonchev–Trinajstić information content (AvgIpc) is 2.79. The fraction of sp³-hybridized carbons (Fsp3) is 0.250. The number of amides is 2. The Hall–Kier alpha value is -2.19. The molecule has 8 heteroatoms. The number of carbonyl (C=O) groups is 3. The standard InChI is InChI=1S/C16H16N2O4S2/c1-10-2-4-11(5-3-10)8-12-15(22)18(16(23)24-12)7-6-13(19)17-9-14(20)21/h2-5,8H,6-7,9H2,1H3,(H,17,19)(H,20,21)/b12-8+. The molecule has 1 heterocycles. The van der Waals surface area contributed by atoms with Crippen LogP contribution in [0.4, 0.5) is 0 Å². The van der Waals surface area contributed by atoms with Gasteiger partial charge in [0.25, 0.3) is 5.91 Å². The second-order valence-corrected chi connectivity index (χ2v) is 6.84. The molecule has 0 unspecified atom stereocenters. The number of rotatable bonds is 6. The SMILES string of the molecule is Cc1ccc(/C=C2/SC(=S)N(CCC(=O)NCC(=O)O)C2=O)cc1. The van der Waals surface area contributed by atoms with Gasteiger partial charge in [-0.15, -0.1) is 0 Å². The first-order chi connectivity index (χ1) is 11.4. The van der Waals surface area contributed by atoms with Gasteiger partial charge in [0.1, 0.15) is 10.9 Å². The van der Waals surface area contributed by atoms with Crippen molar-refractivity contribution in [1.29, 1.82) is 0 Å². The third-order valence-corrected chi connectivity index (χ3v) is 4.63. The van der Waals surface area contributed by atoms with Crippen LogP contribution in [0.3, 0.4) is 0 Å². The number of thioether (sulfide) groups is 1. The van der Waals surface area contributed by atoms with Crippen LogP contribution in [0.2, 0.25) is 0 Å². The van der Waals surface area contributed by atoms with Crippen molar-refractivity contribution in [2.45, 2.75) is 13.3 Å². The number of carboxylic acids is 1. The van der Waals surface area contributed by atoms with Gasteiger partial charge < -0.3 is 10.4 Å². The van der Waals surface area contributed by atoms with Gasteiger partial charge in [-0.2, -0.15) is 0 Å². The Bertz CT molecular complexity index is 713. The average molecular weight is 364 g/mol. The van der Waals surface area contributed by atoms with E-state index in [4.69, 9.17) is 17.3 Å². The topological polar surface area (TPSA) is 86.7 Å². The van der Waals surface area contributed by atoms with Gasteiger partial charge in [0.2, 0.25) is 5.91 Å². The molecular weight excluding hydrogens is 348 g/mol. The van der Waals surface area contributed by atoms with E-state index in [1.807, 2.05) is 31.2 Å². The minimum atomic E-state index is -1.12. The molecule has 0 radical (unpaired) electrons. The first-order valence-electron chi connectivity index (χ1n) is 7.17. The van der Waals surface area contributed by atoms with Gasteiger partial charge in [0.05, 0.1) is 4.91 Å². The Labute approximate surface area is 148 Å². The van der Waals surface area contributed by atoms with Gasteiger partial charge in [0, 0.05) is 13.0 Å². The van der Waals surface area contributed by atoms with E-state index in [-0.39, 0.29) is 18.9 Å². The molecule has 1 saturated heterocycles. The molecule has 0 aliphatic carbocycles. The van der Waals surface area contributed by atoms with Crippen molar-refractivity contribution >= 4 is 52.2 Å². The molecule has 6 nitrogen and oxygen atoms in total. The highest BCUT2D eigenvalue weighted by atomic mass is 32.2. The molecule has 0 atom stereocenters. The number of nitrogens with zero attached hydrogens (tertiary/aromatic N) is 1. The van der Waals surface area contributed by atoms with Crippen molar-refractivity contribution in [2.75, 3.05) is 13.1 Å². The van der Waals surface area contributed by atoms with E-state index in [1.54, 1.807) is 6.08 Å². The molecule has 126 valence electrons. The van der Waals surface area contributed by atoms with E-state index < -0.39 is 18.4 Å². The molecule has 0 aromatic heterocycles. The van der Waals surface area contributed by atoms with Crippen molar-refractivity contribution in [3.8, 4) is 0 Å². The minimum Gasteiger partial charge on any atom is -0.480 e. The number of aliphatic carboxylic acids is 1. The summed E-state index contributed by atoms with van der Waals surface area (Å²) in [7, 11) is 0. The Morgan fingerprint density at radius 3 is 2.62 bits per heavy atom. The van der Waals surface area contributed by atoms with Gasteiger partial charge in [0.15, 0.2) is 0 Å². The first kappa shape index (κ1) is 18.2.